The first-order valence-corrected chi connectivity index (χ1v) is 13.8. The molecule has 5 rings (SSSR count). The molecule has 2 aromatic carbocycles. The number of halogens is 1. The van der Waals surface area contributed by atoms with Gasteiger partial charge in [0.1, 0.15) is 5.69 Å². The number of aliphatic hydroxyl groups is 1. The van der Waals surface area contributed by atoms with E-state index in [2.05, 4.69) is 5.32 Å². The molecule has 2 N–H and O–H groups in total. The minimum absolute atomic E-state index is 0.237. The Morgan fingerprint density at radius 1 is 1.23 bits per heavy atom. The summed E-state index contributed by atoms with van der Waals surface area (Å²) in [5, 5.41) is 18.2. The molecule has 0 spiro atoms. The number of fused-ring (bicyclic) bond motifs is 1. The number of hydrogen-bond donors (Lipinski definition) is 2. The summed E-state index contributed by atoms with van der Waals surface area (Å²) >= 11 is 6.05. The fraction of sp³-hybridized carbons (Fsp3) is 0.417. The first-order valence-electron chi connectivity index (χ1n) is 11.6. The molecule has 1 aliphatic carbocycles. The van der Waals surface area contributed by atoms with Crippen molar-refractivity contribution in [2.24, 2.45) is 0 Å². The van der Waals surface area contributed by atoms with E-state index in [9.17, 15) is 18.3 Å². The molecule has 1 saturated carbocycles. The van der Waals surface area contributed by atoms with Gasteiger partial charge >= 0.3 is 0 Å². The molecule has 1 aliphatic heterocycles. The van der Waals surface area contributed by atoms with Gasteiger partial charge in [-0.3, -0.25) is 14.0 Å². The highest BCUT2D eigenvalue weighted by atomic mass is 35.5. The Balaban J connectivity index is 1.64. The van der Waals surface area contributed by atoms with Crippen LogP contribution in [-0.2, 0) is 10.0 Å². The predicted molar refractivity (Wildman–Crippen MR) is 136 cm³/mol. The van der Waals surface area contributed by atoms with Crippen molar-refractivity contribution in [3.63, 3.8) is 0 Å². The number of aromatic nitrogens is 2. The highest BCUT2D eigenvalue weighted by molar-refractivity contribution is 7.92. The average molecular weight is 518 g/mol. The average Bonchev–Trinajstić information content (AvgIpc) is 3.57. The third kappa shape index (κ3) is 4.75. The van der Waals surface area contributed by atoms with E-state index >= 15 is 0 Å². The van der Waals surface area contributed by atoms with Crippen molar-refractivity contribution in [3.8, 4) is 5.69 Å². The fourth-order valence-corrected chi connectivity index (χ4v) is 5.66. The Kier molecular flexibility index (Phi) is 6.25. The predicted octanol–water partition coefficient (Wildman–Crippen LogP) is 2.36. The van der Waals surface area contributed by atoms with Crippen LogP contribution in [-0.4, -0.2) is 79.7 Å². The van der Waals surface area contributed by atoms with E-state index in [1.807, 2.05) is 11.0 Å². The number of aliphatic hydroxyl groups excluding tert-OH is 1. The summed E-state index contributed by atoms with van der Waals surface area (Å²) in [7, 11) is -2.00. The molecule has 0 atom stereocenters. The zero-order valence-electron chi connectivity index (χ0n) is 19.6. The second-order valence-corrected chi connectivity index (χ2v) is 11.6. The molecule has 0 unspecified atom stereocenters. The molecule has 0 radical (unpaired) electrons. The summed E-state index contributed by atoms with van der Waals surface area (Å²) in [5.41, 5.74) is 3.11. The molecular formula is C24H28ClN5O4S. The Morgan fingerprint density at radius 3 is 2.49 bits per heavy atom. The highest BCUT2D eigenvalue weighted by Gasteiger charge is 2.33. The summed E-state index contributed by atoms with van der Waals surface area (Å²) in [5.74, 6) is -0.0471. The SMILES string of the molecule is CNC(=O)c1c2cc(C3CC3)c(N(CCN3CC(O)C3)S(C)(=O)=O)cc2nn1-c1ccc(Cl)cc1. The van der Waals surface area contributed by atoms with E-state index < -0.39 is 10.0 Å². The van der Waals surface area contributed by atoms with Crippen molar-refractivity contribution in [2.75, 3.05) is 43.8 Å². The van der Waals surface area contributed by atoms with Gasteiger partial charge in [-0.25, -0.2) is 13.1 Å². The maximum atomic E-state index is 12.9. The van der Waals surface area contributed by atoms with Crippen molar-refractivity contribution in [3.05, 3.63) is 52.7 Å². The molecule has 1 aromatic heterocycles. The first kappa shape index (κ1) is 24.1. The number of nitrogens with one attached hydrogen (secondary N) is 1. The quantitative estimate of drug-likeness (QED) is 0.475. The molecule has 35 heavy (non-hydrogen) atoms. The van der Waals surface area contributed by atoms with Gasteiger partial charge in [-0.15, -0.1) is 0 Å². The summed E-state index contributed by atoms with van der Waals surface area (Å²) in [4.78, 5) is 15.0. The number of hydrogen-bond acceptors (Lipinski definition) is 6. The summed E-state index contributed by atoms with van der Waals surface area (Å²) in [6.45, 7) is 1.90. The lowest BCUT2D eigenvalue weighted by molar-refractivity contribution is 0.00456. The Labute approximate surface area is 209 Å². The van der Waals surface area contributed by atoms with Crippen LogP contribution in [0.2, 0.25) is 5.02 Å². The number of benzene rings is 2. The van der Waals surface area contributed by atoms with E-state index in [1.54, 1.807) is 42.1 Å². The number of carbonyl (C=O) groups is 1. The number of rotatable bonds is 8. The van der Waals surface area contributed by atoms with Crippen LogP contribution in [0.3, 0.4) is 0 Å². The Hall–Kier alpha value is -2.66. The molecule has 0 bridgehead atoms. The van der Waals surface area contributed by atoms with Crippen LogP contribution in [0.4, 0.5) is 5.69 Å². The van der Waals surface area contributed by atoms with Gasteiger partial charge in [-0.1, -0.05) is 11.6 Å². The van der Waals surface area contributed by atoms with Crippen molar-refractivity contribution < 1.29 is 18.3 Å². The van der Waals surface area contributed by atoms with Gasteiger partial charge in [0, 0.05) is 43.6 Å². The molecule has 11 heteroatoms. The van der Waals surface area contributed by atoms with Crippen molar-refractivity contribution in [2.45, 2.75) is 24.9 Å². The number of likely N-dealkylation sites (tertiary alicyclic amines) is 1. The standard InChI is InChI=1S/C24H28ClN5O4S/c1-26-24(32)23-20-11-19(15-3-4-15)22(29(35(2,33)34)10-9-28-13-18(31)14-28)12-21(20)27-30(23)17-7-5-16(25)6-8-17/h5-8,11-12,15,18,31H,3-4,9-10,13-14H2,1-2H3,(H,26,32). The lowest BCUT2D eigenvalue weighted by Crippen LogP contribution is -2.53. The first-order chi connectivity index (χ1) is 16.7. The molecule has 2 heterocycles. The van der Waals surface area contributed by atoms with E-state index in [4.69, 9.17) is 16.7 Å². The number of anilines is 1. The second kappa shape index (κ2) is 9.09. The van der Waals surface area contributed by atoms with Gasteiger partial charge < -0.3 is 10.4 Å². The molecule has 9 nitrogen and oxygen atoms in total. The van der Waals surface area contributed by atoms with E-state index in [-0.39, 0.29) is 24.5 Å². The van der Waals surface area contributed by atoms with Gasteiger partial charge in [-0.2, -0.15) is 5.10 Å². The van der Waals surface area contributed by atoms with Crippen LogP contribution in [0.15, 0.2) is 36.4 Å². The lowest BCUT2D eigenvalue weighted by Gasteiger charge is -2.37. The summed E-state index contributed by atoms with van der Waals surface area (Å²) < 4.78 is 28.8. The molecule has 186 valence electrons. The maximum Gasteiger partial charge on any atom is 0.270 e. The van der Waals surface area contributed by atoms with Gasteiger partial charge in [0.05, 0.1) is 29.3 Å². The summed E-state index contributed by atoms with van der Waals surface area (Å²) in [6.07, 6.45) is 2.80. The van der Waals surface area contributed by atoms with Gasteiger partial charge in [0.15, 0.2) is 0 Å². The Bertz CT molecular complexity index is 1380. The number of β-amino-alcohol motifs (C(OH)–C–C–N with tert-alkyl or cyclic N) is 1. The van der Waals surface area contributed by atoms with Crippen LogP contribution >= 0.6 is 11.6 Å². The highest BCUT2D eigenvalue weighted by Crippen LogP contribution is 2.46. The minimum atomic E-state index is -3.57. The fourth-order valence-electron chi connectivity index (χ4n) is 4.60. The Morgan fingerprint density at radius 2 is 1.91 bits per heavy atom. The molecule has 2 fully saturated rings. The normalized spacial score (nSPS) is 16.9. The molecule has 1 amide bonds. The van der Waals surface area contributed by atoms with Crippen LogP contribution in [0.5, 0.6) is 0 Å². The van der Waals surface area contributed by atoms with E-state index in [0.29, 0.717) is 52.6 Å². The number of carbonyl (C=O) groups excluding carboxylic acids is 1. The molecule has 3 aromatic rings. The monoisotopic (exact) mass is 517 g/mol. The number of amides is 1. The molecule has 2 aliphatic rings. The zero-order chi connectivity index (χ0) is 24.9. The third-order valence-corrected chi connectivity index (χ3v) is 8.01. The second-order valence-electron chi connectivity index (χ2n) is 9.27. The number of nitrogens with zero attached hydrogens (tertiary/aromatic N) is 4. The van der Waals surface area contributed by atoms with Crippen molar-refractivity contribution in [1.82, 2.24) is 20.0 Å². The maximum absolute atomic E-state index is 12.9. The van der Waals surface area contributed by atoms with E-state index in [1.165, 1.54) is 10.6 Å². The smallest absolute Gasteiger partial charge is 0.270 e. The van der Waals surface area contributed by atoms with Gasteiger partial charge in [-0.05, 0) is 60.7 Å². The topological polar surface area (TPSA) is 108 Å². The van der Waals surface area contributed by atoms with Crippen LogP contribution in [0.25, 0.3) is 16.6 Å². The van der Waals surface area contributed by atoms with Crippen LogP contribution in [0.1, 0.15) is 34.8 Å². The largest absolute Gasteiger partial charge is 0.390 e. The zero-order valence-corrected chi connectivity index (χ0v) is 21.2. The van der Waals surface area contributed by atoms with Crippen LogP contribution in [0, 0.1) is 0 Å². The van der Waals surface area contributed by atoms with Crippen LogP contribution < -0.4 is 9.62 Å². The summed E-state index contributed by atoms with van der Waals surface area (Å²) in [6, 6.07) is 10.7. The molecule has 1 saturated heterocycles. The molecular weight excluding hydrogens is 490 g/mol. The lowest BCUT2D eigenvalue weighted by atomic mass is 10.0. The third-order valence-electron chi connectivity index (χ3n) is 6.58. The van der Waals surface area contributed by atoms with Crippen molar-refractivity contribution >= 4 is 44.1 Å². The van der Waals surface area contributed by atoms with E-state index in [0.717, 1.165) is 18.4 Å². The minimum Gasteiger partial charge on any atom is -0.390 e. The number of sulfonamides is 1. The van der Waals surface area contributed by atoms with Gasteiger partial charge in [0.2, 0.25) is 10.0 Å². The van der Waals surface area contributed by atoms with Crippen molar-refractivity contribution in [1.29, 1.82) is 0 Å². The van der Waals surface area contributed by atoms with Gasteiger partial charge in [0.25, 0.3) is 5.91 Å².